The third-order valence-corrected chi connectivity index (χ3v) is 3.00. The molecule has 0 radical (unpaired) electrons. The number of hydrogen-bond acceptors (Lipinski definition) is 3. The molecule has 0 unspecified atom stereocenters. The van der Waals surface area contributed by atoms with Crippen molar-refractivity contribution in [3.63, 3.8) is 0 Å². The lowest BCUT2D eigenvalue weighted by Gasteiger charge is -2.24. The van der Waals surface area contributed by atoms with E-state index in [2.05, 4.69) is 29.3 Å². The van der Waals surface area contributed by atoms with Crippen LogP contribution in [0.2, 0.25) is 5.02 Å². The topological polar surface area (TPSA) is 35.5 Å². The smallest absolute Gasteiger partial charge is 0.0642 e. The summed E-state index contributed by atoms with van der Waals surface area (Å²) in [5, 5.41) is 12.8. The Bertz CT molecular complexity index is 344. The number of nitrogens with one attached hydrogen (secondary N) is 1. The van der Waals surface area contributed by atoms with Crippen LogP contribution in [0.5, 0.6) is 0 Å². The van der Waals surface area contributed by atoms with E-state index in [1.165, 1.54) is 5.56 Å². The highest BCUT2D eigenvalue weighted by molar-refractivity contribution is 6.33. The van der Waals surface area contributed by atoms with E-state index in [0.29, 0.717) is 0 Å². The first-order valence-electron chi connectivity index (χ1n) is 6.01. The van der Waals surface area contributed by atoms with Crippen molar-refractivity contribution in [1.82, 2.24) is 5.32 Å². The highest BCUT2D eigenvalue weighted by atomic mass is 35.5. The molecular formula is C13H21ClN2O. The van der Waals surface area contributed by atoms with E-state index in [0.717, 1.165) is 36.8 Å². The Morgan fingerprint density at radius 2 is 2.18 bits per heavy atom. The van der Waals surface area contributed by atoms with Crippen molar-refractivity contribution in [3.8, 4) is 0 Å². The van der Waals surface area contributed by atoms with Crippen LogP contribution in [0.25, 0.3) is 0 Å². The maximum Gasteiger partial charge on any atom is 0.0642 e. The third kappa shape index (κ3) is 4.19. The van der Waals surface area contributed by atoms with Crippen molar-refractivity contribution in [3.05, 3.63) is 28.8 Å². The van der Waals surface area contributed by atoms with Crippen molar-refractivity contribution >= 4 is 17.3 Å². The van der Waals surface area contributed by atoms with E-state index in [1.807, 2.05) is 13.1 Å². The maximum absolute atomic E-state index is 8.87. The molecule has 1 rings (SSSR count). The molecule has 4 heteroatoms. The zero-order valence-corrected chi connectivity index (χ0v) is 11.3. The lowest BCUT2D eigenvalue weighted by molar-refractivity contribution is 0.289. The third-order valence-electron chi connectivity index (χ3n) is 2.70. The fraction of sp³-hybridized carbons (Fsp3) is 0.538. The number of aliphatic hydroxyl groups is 1. The number of rotatable bonds is 7. The predicted molar refractivity (Wildman–Crippen MR) is 73.8 cm³/mol. The predicted octanol–water partition coefficient (Wildman–Crippen LogP) is 2.27. The fourth-order valence-electron chi connectivity index (χ4n) is 1.83. The Balaban J connectivity index is 2.81. The van der Waals surface area contributed by atoms with E-state index in [-0.39, 0.29) is 6.61 Å². The van der Waals surface area contributed by atoms with E-state index in [1.54, 1.807) is 0 Å². The Hall–Kier alpha value is -0.770. The van der Waals surface area contributed by atoms with Gasteiger partial charge in [-0.05, 0) is 38.1 Å². The van der Waals surface area contributed by atoms with Crippen molar-refractivity contribution in [2.24, 2.45) is 0 Å². The van der Waals surface area contributed by atoms with Gasteiger partial charge in [0.15, 0.2) is 0 Å². The molecule has 96 valence electrons. The molecule has 0 aliphatic carbocycles. The second kappa shape index (κ2) is 7.54. The summed E-state index contributed by atoms with van der Waals surface area (Å²) in [7, 11) is 1.92. The molecule has 0 spiro atoms. The summed E-state index contributed by atoms with van der Waals surface area (Å²) >= 11 is 6.29. The molecule has 0 bridgehead atoms. The van der Waals surface area contributed by atoms with Gasteiger partial charge in [0, 0.05) is 26.2 Å². The number of halogens is 1. The summed E-state index contributed by atoms with van der Waals surface area (Å²) in [5.41, 5.74) is 2.22. The average molecular weight is 257 g/mol. The van der Waals surface area contributed by atoms with Gasteiger partial charge in [-0.1, -0.05) is 17.7 Å². The molecule has 0 atom stereocenters. The number of benzene rings is 1. The van der Waals surface area contributed by atoms with Crippen LogP contribution in [0, 0.1) is 0 Å². The molecule has 0 heterocycles. The van der Waals surface area contributed by atoms with Crippen LogP contribution in [0.3, 0.4) is 0 Å². The largest absolute Gasteiger partial charge is 0.396 e. The van der Waals surface area contributed by atoms with Gasteiger partial charge in [0.2, 0.25) is 0 Å². The minimum absolute atomic E-state index is 0.214. The SMILES string of the molecule is CCN(CCCO)c1ccc(CNC)cc1Cl. The number of hydrogen-bond donors (Lipinski definition) is 2. The quantitative estimate of drug-likeness (QED) is 0.786. The molecule has 1 aromatic carbocycles. The monoisotopic (exact) mass is 256 g/mol. The average Bonchev–Trinajstić information content (AvgIpc) is 2.32. The molecule has 0 fully saturated rings. The van der Waals surface area contributed by atoms with Gasteiger partial charge in [0.1, 0.15) is 0 Å². The van der Waals surface area contributed by atoms with Gasteiger partial charge < -0.3 is 15.3 Å². The summed E-state index contributed by atoms with van der Waals surface area (Å²) in [4.78, 5) is 2.18. The molecule has 0 aliphatic rings. The lowest BCUT2D eigenvalue weighted by Crippen LogP contribution is -2.25. The first-order chi connectivity index (χ1) is 8.22. The van der Waals surface area contributed by atoms with Crippen LogP contribution in [-0.4, -0.2) is 31.9 Å². The summed E-state index contributed by atoms with van der Waals surface area (Å²) in [6.45, 7) is 4.85. The second-order valence-electron chi connectivity index (χ2n) is 3.97. The Morgan fingerprint density at radius 1 is 1.41 bits per heavy atom. The molecular weight excluding hydrogens is 236 g/mol. The van der Waals surface area contributed by atoms with Crippen LogP contribution < -0.4 is 10.2 Å². The Morgan fingerprint density at radius 3 is 2.71 bits per heavy atom. The molecule has 0 amide bonds. The maximum atomic E-state index is 8.87. The summed E-state index contributed by atoms with van der Waals surface area (Å²) in [6, 6.07) is 6.13. The molecule has 0 saturated heterocycles. The van der Waals surface area contributed by atoms with Gasteiger partial charge in [0.05, 0.1) is 10.7 Å². The molecule has 0 aliphatic heterocycles. The Labute approximate surface area is 108 Å². The number of anilines is 1. The fourth-order valence-corrected chi connectivity index (χ4v) is 2.15. The van der Waals surface area contributed by atoms with Gasteiger partial charge in [0.25, 0.3) is 0 Å². The molecule has 17 heavy (non-hydrogen) atoms. The van der Waals surface area contributed by atoms with Gasteiger partial charge in [-0.25, -0.2) is 0 Å². The van der Waals surface area contributed by atoms with Crippen molar-refractivity contribution in [2.75, 3.05) is 31.6 Å². The van der Waals surface area contributed by atoms with Gasteiger partial charge in [-0.15, -0.1) is 0 Å². The molecule has 0 aromatic heterocycles. The first-order valence-corrected chi connectivity index (χ1v) is 6.39. The summed E-state index contributed by atoms with van der Waals surface area (Å²) in [6.07, 6.45) is 0.766. The highest BCUT2D eigenvalue weighted by Gasteiger charge is 2.08. The van der Waals surface area contributed by atoms with Crippen molar-refractivity contribution in [1.29, 1.82) is 0 Å². The van der Waals surface area contributed by atoms with Crippen molar-refractivity contribution < 1.29 is 5.11 Å². The van der Waals surface area contributed by atoms with Gasteiger partial charge in [-0.3, -0.25) is 0 Å². The molecule has 0 saturated carbocycles. The second-order valence-corrected chi connectivity index (χ2v) is 4.38. The standard InChI is InChI=1S/C13H21ClN2O/c1-3-16(7-4-8-17)13-6-5-11(10-15-2)9-12(13)14/h5-6,9,15,17H,3-4,7-8,10H2,1-2H3. The minimum Gasteiger partial charge on any atom is -0.396 e. The van der Waals surface area contributed by atoms with Crippen LogP contribution >= 0.6 is 11.6 Å². The minimum atomic E-state index is 0.214. The summed E-state index contributed by atoms with van der Waals surface area (Å²) in [5.74, 6) is 0. The van der Waals surface area contributed by atoms with E-state index in [9.17, 15) is 0 Å². The molecule has 2 N–H and O–H groups in total. The first kappa shape index (κ1) is 14.3. The van der Waals surface area contributed by atoms with Gasteiger partial charge >= 0.3 is 0 Å². The van der Waals surface area contributed by atoms with E-state index in [4.69, 9.17) is 16.7 Å². The van der Waals surface area contributed by atoms with Crippen LogP contribution in [-0.2, 0) is 6.54 Å². The zero-order chi connectivity index (χ0) is 12.7. The highest BCUT2D eigenvalue weighted by Crippen LogP contribution is 2.27. The molecule has 1 aromatic rings. The van der Waals surface area contributed by atoms with E-state index < -0.39 is 0 Å². The van der Waals surface area contributed by atoms with E-state index >= 15 is 0 Å². The normalized spacial score (nSPS) is 10.6. The zero-order valence-electron chi connectivity index (χ0n) is 10.5. The van der Waals surface area contributed by atoms with Crippen molar-refractivity contribution in [2.45, 2.75) is 19.9 Å². The number of aliphatic hydroxyl groups excluding tert-OH is 1. The van der Waals surface area contributed by atoms with Gasteiger partial charge in [-0.2, -0.15) is 0 Å². The van der Waals surface area contributed by atoms with Crippen LogP contribution in [0.15, 0.2) is 18.2 Å². The lowest BCUT2D eigenvalue weighted by atomic mass is 10.2. The van der Waals surface area contributed by atoms with Crippen LogP contribution in [0.4, 0.5) is 5.69 Å². The Kier molecular flexibility index (Phi) is 6.34. The number of nitrogens with zero attached hydrogens (tertiary/aromatic N) is 1. The van der Waals surface area contributed by atoms with Crippen LogP contribution in [0.1, 0.15) is 18.9 Å². The summed E-state index contributed by atoms with van der Waals surface area (Å²) < 4.78 is 0. The molecule has 3 nitrogen and oxygen atoms in total.